The van der Waals surface area contributed by atoms with Gasteiger partial charge in [-0.3, -0.25) is 0 Å². The van der Waals surface area contributed by atoms with Crippen molar-refractivity contribution in [1.82, 2.24) is 0 Å². The summed E-state index contributed by atoms with van der Waals surface area (Å²) >= 11 is 0. The first-order valence-corrected chi connectivity index (χ1v) is 8.29. The van der Waals surface area contributed by atoms with E-state index >= 15 is 0 Å². The highest BCUT2D eigenvalue weighted by atomic mass is 32.2. The summed E-state index contributed by atoms with van der Waals surface area (Å²) in [5.41, 5.74) is 2.62. The fourth-order valence-corrected chi connectivity index (χ4v) is 4.32. The van der Waals surface area contributed by atoms with E-state index in [9.17, 15) is 8.42 Å². The summed E-state index contributed by atoms with van der Waals surface area (Å²) < 4.78 is 24.2. The largest absolute Gasteiger partial charge is 0.377 e. The Morgan fingerprint density at radius 1 is 1.14 bits per heavy atom. The summed E-state index contributed by atoms with van der Waals surface area (Å²) in [6.07, 6.45) is 0.376. The molecule has 0 saturated carbocycles. The van der Waals surface area contributed by atoms with Crippen LogP contribution in [0.15, 0.2) is 53.4 Å². The van der Waals surface area contributed by atoms with Crippen LogP contribution in [0.2, 0.25) is 0 Å². The van der Waals surface area contributed by atoms with E-state index in [1.54, 1.807) is 12.1 Å². The van der Waals surface area contributed by atoms with Gasteiger partial charge in [0.05, 0.1) is 29.2 Å². The number of sulfone groups is 1. The molecule has 0 spiro atoms. The Morgan fingerprint density at radius 2 is 1.86 bits per heavy atom. The van der Waals surface area contributed by atoms with Crippen LogP contribution in [-0.4, -0.2) is 14.2 Å². The molecule has 1 unspecified atom stereocenters. The van der Waals surface area contributed by atoms with Crippen molar-refractivity contribution in [3.8, 4) is 6.07 Å². The van der Waals surface area contributed by atoms with Gasteiger partial charge in [-0.05, 0) is 29.3 Å². The molecule has 0 amide bonds. The molecule has 4 nitrogen and oxygen atoms in total. The average molecular weight is 298 g/mol. The van der Waals surface area contributed by atoms with Crippen molar-refractivity contribution in [3.63, 3.8) is 0 Å². The molecule has 5 heteroatoms. The van der Waals surface area contributed by atoms with Crippen LogP contribution in [0.5, 0.6) is 0 Å². The first-order valence-electron chi connectivity index (χ1n) is 6.64. The standard InChI is InChI=1S/C16H14N2O2S/c17-10-9-12-5-7-13(8-6-12)18-15-11-21(19,20)16-4-2-1-3-14(15)16/h1-8,15,18H,9,11H2. The first kappa shape index (κ1) is 13.7. The smallest absolute Gasteiger partial charge is 0.181 e. The van der Waals surface area contributed by atoms with Crippen LogP contribution in [0.4, 0.5) is 5.69 Å². The number of anilines is 1. The van der Waals surface area contributed by atoms with Gasteiger partial charge in [0, 0.05) is 5.69 Å². The average Bonchev–Trinajstić information content (AvgIpc) is 2.73. The Labute approximate surface area is 124 Å². The van der Waals surface area contributed by atoms with Gasteiger partial charge in [-0.1, -0.05) is 30.3 Å². The Balaban J connectivity index is 1.85. The number of rotatable bonds is 3. The Morgan fingerprint density at radius 3 is 2.57 bits per heavy atom. The van der Waals surface area contributed by atoms with Gasteiger partial charge >= 0.3 is 0 Å². The van der Waals surface area contributed by atoms with Gasteiger partial charge in [-0.15, -0.1) is 0 Å². The predicted octanol–water partition coefficient (Wildman–Crippen LogP) is 2.69. The minimum Gasteiger partial charge on any atom is -0.377 e. The predicted molar refractivity (Wildman–Crippen MR) is 80.6 cm³/mol. The lowest BCUT2D eigenvalue weighted by molar-refractivity contribution is 0.598. The molecule has 0 aromatic heterocycles. The molecule has 1 atom stereocenters. The SMILES string of the molecule is N#CCc1ccc(NC2CS(=O)(=O)c3ccccc32)cc1. The van der Waals surface area contributed by atoms with Gasteiger partial charge in [0.25, 0.3) is 0 Å². The van der Waals surface area contributed by atoms with Crippen LogP contribution >= 0.6 is 0 Å². The lowest BCUT2D eigenvalue weighted by Crippen LogP contribution is -2.12. The summed E-state index contributed by atoms with van der Waals surface area (Å²) in [7, 11) is -3.20. The van der Waals surface area contributed by atoms with E-state index < -0.39 is 9.84 Å². The molecule has 0 saturated heterocycles. The fraction of sp³-hybridized carbons (Fsp3) is 0.188. The molecule has 1 aliphatic heterocycles. The molecule has 21 heavy (non-hydrogen) atoms. The molecule has 1 aliphatic rings. The van der Waals surface area contributed by atoms with E-state index in [0.717, 1.165) is 16.8 Å². The van der Waals surface area contributed by atoms with Gasteiger partial charge in [0.15, 0.2) is 9.84 Å². The van der Waals surface area contributed by atoms with E-state index in [-0.39, 0.29) is 11.8 Å². The number of nitrogens with one attached hydrogen (secondary N) is 1. The number of fused-ring (bicyclic) bond motifs is 1. The fourth-order valence-electron chi connectivity index (χ4n) is 2.58. The second-order valence-corrected chi connectivity index (χ2v) is 7.05. The number of nitriles is 1. The highest BCUT2D eigenvalue weighted by Crippen LogP contribution is 2.35. The van der Waals surface area contributed by atoms with Crippen LogP contribution in [0.3, 0.4) is 0 Å². The topological polar surface area (TPSA) is 70.0 Å². The van der Waals surface area contributed by atoms with Crippen molar-refractivity contribution in [1.29, 1.82) is 5.26 Å². The van der Waals surface area contributed by atoms with Crippen molar-refractivity contribution < 1.29 is 8.42 Å². The highest BCUT2D eigenvalue weighted by Gasteiger charge is 2.34. The summed E-state index contributed by atoms with van der Waals surface area (Å²) in [5.74, 6) is 0.0757. The van der Waals surface area contributed by atoms with Gasteiger partial charge in [-0.2, -0.15) is 5.26 Å². The van der Waals surface area contributed by atoms with E-state index in [1.807, 2.05) is 36.4 Å². The maximum Gasteiger partial charge on any atom is 0.181 e. The molecule has 0 fully saturated rings. The lowest BCUT2D eigenvalue weighted by atomic mass is 10.1. The highest BCUT2D eigenvalue weighted by molar-refractivity contribution is 7.91. The molecular weight excluding hydrogens is 284 g/mol. The van der Waals surface area contributed by atoms with Crippen molar-refractivity contribution in [2.75, 3.05) is 11.1 Å². The maximum absolute atomic E-state index is 12.1. The minimum atomic E-state index is -3.20. The Bertz CT molecular complexity index is 805. The molecule has 1 heterocycles. The number of nitrogens with zero attached hydrogens (tertiary/aromatic N) is 1. The number of hydrogen-bond acceptors (Lipinski definition) is 4. The zero-order valence-electron chi connectivity index (χ0n) is 11.3. The zero-order valence-corrected chi connectivity index (χ0v) is 12.1. The molecule has 106 valence electrons. The monoisotopic (exact) mass is 298 g/mol. The lowest BCUT2D eigenvalue weighted by Gasteiger charge is -2.14. The van der Waals surface area contributed by atoms with Crippen LogP contribution in [0, 0.1) is 11.3 Å². The molecule has 2 aromatic rings. The van der Waals surface area contributed by atoms with E-state index in [1.165, 1.54) is 0 Å². The molecule has 3 rings (SSSR count). The van der Waals surface area contributed by atoms with Crippen LogP contribution in [0.25, 0.3) is 0 Å². The summed E-state index contributed by atoms with van der Waals surface area (Å²) in [6.45, 7) is 0. The summed E-state index contributed by atoms with van der Waals surface area (Å²) in [4.78, 5) is 0.420. The molecule has 0 radical (unpaired) electrons. The normalized spacial score (nSPS) is 18.7. The number of hydrogen-bond donors (Lipinski definition) is 1. The third-order valence-corrected chi connectivity index (χ3v) is 5.41. The van der Waals surface area contributed by atoms with Crippen LogP contribution in [0.1, 0.15) is 17.2 Å². The molecule has 0 bridgehead atoms. The van der Waals surface area contributed by atoms with Gasteiger partial charge in [-0.25, -0.2) is 8.42 Å². The van der Waals surface area contributed by atoms with Crippen molar-refractivity contribution >= 4 is 15.5 Å². The van der Waals surface area contributed by atoms with Crippen molar-refractivity contribution in [2.24, 2.45) is 0 Å². The van der Waals surface area contributed by atoms with Gasteiger partial charge in [0.1, 0.15) is 0 Å². The van der Waals surface area contributed by atoms with Crippen molar-refractivity contribution in [2.45, 2.75) is 17.4 Å². The quantitative estimate of drug-likeness (QED) is 0.946. The van der Waals surface area contributed by atoms with Gasteiger partial charge in [0.2, 0.25) is 0 Å². The second kappa shape index (κ2) is 5.23. The molecule has 0 aliphatic carbocycles. The van der Waals surface area contributed by atoms with E-state index in [2.05, 4.69) is 11.4 Å². The molecule has 2 aromatic carbocycles. The Kier molecular flexibility index (Phi) is 3.40. The van der Waals surface area contributed by atoms with E-state index in [0.29, 0.717) is 11.3 Å². The second-order valence-electron chi connectivity index (χ2n) is 5.05. The van der Waals surface area contributed by atoms with E-state index in [4.69, 9.17) is 5.26 Å². The third kappa shape index (κ3) is 2.63. The zero-order chi connectivity index (χ0) is 14.9. The van der Waals surface area contributed by atoms with Crippen LogP contribution < -0.4 is 5.32 Å². The molecule has 1 N–H and O–H groups in total. The molecular formula is C16H14N2O2S. The maximum atomic E-state index is 12.1. The Hall–Kier alpha value is -2.32. The van der Waals surface area contributed by atoms with Crippen LogP contribution in [-0.2, 0) is 16.3 Å². The summed E-state index contributed by atoms with van der Waals surface area (Å²) in [6, 6.07) is 16.5. The summed E-state index contributed by atoms with van der Waals surface area (Å²) in [5, 5.41) is 11.9. The third-order valence-electron chi connectivity index (χ3n) is 3.59. The van der Waals surface area contributed by atoms with Crippen molar-refractivity contribution in [3.05, 3.63) is 59.7 Å². The number of benzene rings is 2. The first-order chi connectivity index (χ1) is 10.1. The minimum absolute atomic E-state index is 0.0757. The van der Waals surface area contributed by atoms with Gasteiger partial charge < -0.3 is 5.32 Å².